The average molecular weight is 551 g/mol. The maximum absolute atomic E-state index is 12.0. The Morgan fingerprint density at radius 2 is 0.769 bits per heavy atom. The summed E-state index contributed by atoms with van der Waals surface area (Å²) in [6, 6.07) is 0. The van der Waals surface area contributed by atoms with Gasteiger partial charge in [0.15, 0.2) is 0 Å². The van der Waals surface area contributed by atoms with Crippen LogP contribution in [0.25, 0.3) is 0 Å². The summed E-state index contributed by atoms with van der Waals surface area (Å²) in [4.78, 5) is 16.1. The van der Waals surface area contributed by atoms with Crippen LogP contribution in [-0.2, 0) is 9.68 Å². The average Bonchev–Trinajstić information content (AvgIpc) is 2.95. The third-order valence-corrected chi connectivity index (χ3v) is 8.39. The van der Waals surface area contributed by atoms with E-state index in [1.165, 1.54) is 167 Å². The van der Waals surface area contributed by atoms with E-state index in [9.17, 15) is 4.79 Å². The molecule has 0 aliphatic carbocycles. The summed E-state index contributed by atoms with van der Waals surface area (Å²) >= 11 is 0. The molecule has 1 unspecified atom stereocenters. The predicted molar refractivity (Wildman–Crippen MR) is 171 cm³/mol. The van der Waals surface area contributed by atoms with Crippen LogP contribution in [0.2, 0.25) is 0 Å². The number of carbonyl (C=O) groups is 1. The molecule has 3 heteroatoms. The Balaban J connectivity index is 3.54. The highest BCUT2D eigenvalue weighted by molar-refractivity contribution is 5.71. The first-order valence-electron chi connectivity index (χ1n) is 17.8. The van der Waals surface area contributed by atoms with Gasteiger partial charge in [-0.25, -0.2) is 4.79 Å². The van der Waals surface area contributed by atoms with Crippen LogP contribution in [0.1, 0.15) is 206 Å². The summed E-state index contributed by atoms with van der Waals surface area (Å²) in [7, 11) is 0. The van der Waals surface area contributed by atoms with E-state index in [0.717, 1.165) is 25.7 Å². The van der Waals surface area contributed by atoms with Gasteiger partial charge in [-0.05, 0) is 38.5 Å². The Morgan fingerprint density at radius 1 is 0.487 bits per heavy atom. The van der Waals surface area contributed by atoms with Crippen molar-refractivity contribution in [2.45, 2.75) is 206 Å². The number of hydrogen-bond donors (Lipinski definition) is 1. The lowest BCUT2D eigenvalue weighted by molar-refractivity contribution is -0.239. The van der Waals surface area contributed by atoms with Gasteiger partial charge in [0.05, 0.1) is 5.92 Å². The van der Waals surface area contributed by atoms with Crippen molar-refractivity contribution in [3.63, 3.8) is 0 Å². The van der Waals surface area contributed by atoms with Crippen LogP contribution in [-0.4, -0.2) is 11.2 Å². The molecule has 0 aromatic carbocycles. The van der Waals surface area contributed by atoms with E-state index in [0.29, 0.717) is 0 Å². The van der Waals surface area contributed by atoms with E-state index in [1.807, 2.05) is 0 Å². The summed E-state index contributed by atoms with van der Waals surface area (Å²) in [5, 5.41) is 8.90. The highest BCUT2D eigenvalue weighted by Crippen LogP contribution is 2.21. The number of hydrogen-bond acceptors (Lipinski definition) is 3. The van der Waals surface area contributed by atoms with Crippen LogP contribution in [0.4, 0.5) is 0 Å². The maximum Gasteiger partial charge on any atom is 0.345 e. The van der Waals surface area contributed by atoms with Gasteiger partial charge in [0.25, 0.3) is 0 Å². The standard InChI is InChI=1S/C36H70O3/c1-3-5-7-9-11-13-15-17-19-20-22-24-26-28-30-32-34-35(36(37)39-38)33-31-29-27-25-23-21-18-16-14-12-10-8-6-4-2/h17,19,35,38H,3-16,18,20-34H2,1-2H3/b19-17-. The van der Waals surface area contributed by atoms with Crippen molar-refractivity contribution in [3.8, 4) is 0 Å². The second-order valence-electron chi connectivity index (χ2n) is 12.2. The van der Waals surface area contributed by atoms with Gasteiger partial charge in [-0.15, -0.1) is 0 Å². The molecule has 0 aliphatic heterocycles. The van der Waals surface area contributed by atoms with Crippen LogP contribution in [0.3, 0.4) is 0 Å². The van der Waals surface area contributed by atoms with E-state index >= 15 is 0 Å². The fraction of sp³-hybridized carbons (Fsp3) is 0.917. The van der Waals surface area contributed by atoms with Crippen molar-refractivity contribution in [3.05, 3.63) is 12.2 Å². The Kier molecular flexibility index (Phi) is 32.7. The highest BCUT2D eigenvalue weighted by atomic mass is 17.1. The molecular formula is C36H70O3. The Labute approximate surface area is 245 Å². The molecule has 0 heterocycles. The molecule has 0 saturated carbocycles. The van der Waals surface area contributed by atoms with Gasteiger partial charge in [-0.2, -0.15) is 5.26 Å². The number of carbonyl (C=O) groups excluding carboxylic acids is 1. The van der Waals surface area contributed by atoms with Crippen LogP contribution >= 0.6 is 0 Å². The van der Waals surface area contributed by atoms with E-state index in [2.05, 4.69) is 30.9 Å². The van der Waals surface area contributed by atoms with E-state index in [1.54, 1.807) is 0 Å². The van der Waals surface area contributed by atoms with Gasteiger partial charge < -0.3 is 4.89 Å². The molecule has 1 atom stereocenters. The zero-order chi connectivity index (χ0) is 28.5. The van der Waals surface area contributed by atoms with Crippen molar-refractivity contribution in [2.24, 2.45) is 5.92 Å². The van der Waals surface area contributed by atoms with Crippen molar-refractivity contribution in [2.75, 3.05) is 0 Å². The van der Waals surface area contributed by atoms with E-state index in [4.69, 9.17) is 5.26 Å². The summed E-state index contributed by atoms with van der Waals surface area (Å²) in [5.74, 6) is -0.540. The minimum absolute atomic E-state index is 0.121. The summed E-state index contributed by atoms with van der Waals surface area (Å²) in [6.07, 6.45) is 43.5. The molecule has 0 aliphatic rings. The molecule has 0 aromatic heterocycles. The minimum Gasteiger partial charge on any atom is -0.301 e. The molecule has 0 spiro atoms. The Bertz CT molecular complexity index is 502. The second-order valence-corrected chi connectivity index (χ2v) is 12.2. The summed E-state index contributed by atoms with van der Waals surface area (Å²) in [6.45, 7) is 4.56. The quantitative estimate of drug-likeness (QED) is 0.0392. The topological polar surface area (TPSA) is 46.5 Å². The zero-order valence-corrected chi connectivity index (χ0v) is 26.7. The third kappa shape index (κ3) is 30.0. The SMILES string of the molecule is CCCCCCCC/C=C\CCCCCCCCC(CCCCCCCCCCCCCCCC)C(=O)OO. The smallest absolute Gasteiger partial charge is 0.301 e. The highest BCUT2D eigenvalue weighted by Gasteiger charge is 2.19. The first-order valence-corrected chi connectivity index (χ1v) is 17.8. The monoisotopic (exact) mass is 551 g/mol. The molecule has 0 rings (SSSR count). The van der Waals surface area contributed by atoms with Crippen LogP contribution in [0.15, 0.2) is 12.2 Å². The van der Waals surface area contributed by atoms with Gasteiger partial charge in [-0.3, -0.25) is 0 Å². The summed E-state index contributed by atoms with van der Waals surface area (Å²) < 4.78 is 0. The van der Waals surface area contributed by atoms with Gasteiger partial charge in [0.2, 0.25) is 0 Å². The first kappa shape index (κ1) is 38.2. The summed E-state index contributed by atoms with van der Waals surface area (Å²) in [5.41, 5.74) is 0. The molecule has 0 fully saturated rings. The molecule has 39 heavy (non-hydrogen) atoms. The Morgan fingerprint density at radius 3 is 1.08 bits per heavy atom. The molecule has 1 N–H and O–H groups in total. The van der Waals surface area contributed by atoms with Gasteiger partial charge in [0, 0.05) is 0 Å². The molecule has 232 valence electrons. The Hall–Kier alpha value is -0.830. The van der Waals surface area contributed by atoms with Crippen LogP contribution in [0.5, 0.6) is 0 Å². The minimum atomic E-state index is -0.419. The normalized spacial score (nSPS) is 12.4. The third-order valence-electron chi connectivity index (χ3n) is 8.39. The maximum atomic E-state index is 12.0. The molecule has 0 radical (unpaired) electrons. The largest absolute Gasteiger partial charge is 0.345 e. The molecule has 0 amide bonds. The van der Waals surface area contributed by atoms with E-state index < -0.39 is 5.97 Å². The van der Waals surface area contributed by atoms with Gasteiger partial charge in [0.1, 0.15) is 0 Å². The first-order chi connectivity index (χ1) is 19.3. The lowest BCUT2D eigenvalue weighted by Crippen LogP contribution is -2.16. The van der Waals surface area contributed by atoms with Crippen molar-refractivity contribution >= 4 is 5.97 Å². The lowest BCUT2D eigenvalue weighted by Gasteiger charge is -2.13. The van der Waals surface area contributed by atoms with Crippen molar-refractivity contribution < 1.29 is 14.9 Å². The molecule has 3 nitrogen and oxygen atoms in total. The lowest BCUT2D eigenvalue weighted by atomic mass is 9.94. The van der Waals surface area contributed by atoms with Gasteiger partial charge >= 0.3 is 5.97 Å². The second kappa shape index (κ2) is 33.4. The molecule has 0 saturated heterocycles. The number of allylic oxidation sites excluding steroid dienone is 2. The van der Waals surface area contributed by atoms with Crippen LogP contribution in [0, 0.1) is 5.92 Å². The van der Waals surface area contributed by atoms with Crippen molar-refractivity contribution in [1.29, 1.82) is 0 Å². The fourth-order valence-electron chi connectivity index (χ4n) is 5.68. The zero-order valence-electron chi connectivity index (χ0n) is 26.7. The van der Waals surface area contributed by atoms with E-state index in [-0.39, 0.29) is 5.92 Å². The van der Waals surface area contributed by atoms with Crippen LogP contribution < -0.4 is 0 Å². The van der Waals surface area contributed by atoms with Gasteiger partial charge in [-0.1, -0.05) is 180 Å². The van der Waals surface area contributed by atoms with Crippen molar-refractivity contribution in [1.82, 2.24) is 0 Å². The number of rotatable bonds is 32. The molecule has 0 bridgehead atoms. The molecule has 0 aromatic rings. The number of unbranched alkanes of at least 4 members (excludes halogenated alkanes) is 25. The molecular weight excluding hydrogens is 480 g/mol. The fourth-order valence-corrected chi connectivity index (χ4v) is 5.68. The predicted octanol–water partition coefficient (Wildman–Crippen LogP) is 12.9.